The molecule has 76 valence electrons. The zero-order chi connectivity index (χ0) is 10.8. The lowest BCUT2D eigenvalue weighted by Crippen LogP contribution is -1.91. The van der Waals surface area contributed by atoms with Crippen molar-refractivity contribution < 1.29 is 0 Å². The van der Waals surface area contributed by atoms with Gasteiger partial charge in [-0.1, -0.05) is 24.3 Å². The summed E-state index contributed by atoms with van der Waals surface area (Å²) in [7, 11) is 0. The zero-order valence-corrected chi connectivity index (χ0v) is 9.41. The summed E-state index contributed by atoms with van der Waals surface area (Å²) in [5.74, 6) is 0. The Balaban J connectivity index is 2.65. The summed E-state index contributed by atoms with van der Waals surface area (Å²) in [6.45, 7) is 6.39. The highest BCUT2D eigenvalue weighted by atomic mass is 14.7. The Labute approximate surface area is 90.8 Å². The van der Waals surface area contributed by atoms with Gasteiger partial charge in [0, 0.05) is 11.8 Å². The van der Waals surface area contributed by atoms with Crippen LogP contribution >= 0.6 is 0 Å². The van der Waals surface area contributed by atoms with Gasteiger partial charge >= 0.3 is 0 Å². The van der Waals surface area contributed by atoms with E-state index in [0.29, 0.717) is 0 Å². The van der Waals surface area contributed by atoms with E-state index in [4.69, 9.17) is 0 Å². The first kappa shape index (κ1) is 9.91. The highest BCUT2D eigenvalue weighted by molar-refractivity contribution is 5.67. The van der Waals surface area contributed by atoms with Crippen LogP contribution in [0.25, 0.3) is 11.3 Å². The van der Waals surface area contributed by atoms with Crippen molar-refractivity contribution >= 4 is 0 Å². The first-order valence-corrected chi connectivity index (χ1v) is 5.18. The molecule has 0 unspecified atom stereocenters. The van der Waals surface area contributed by atoms with E-state index in [2.05, 4.69) is 50.0 Å². The second-order valence-corrected chi connectivity index (χ2v) is 3.92. The van der Waals surface area contributed by atoms with E-state index in [-0.39, 0.29) is 0 Å². The minimum Gasteiger partial charge on any atom is -0.256 e. The van der Waals surface area contributed by atoms with Gasteiger partial charge in [0.15, 0.2) is 0 Å². The van der Waals surface area contributed by atoms with Gasteiger partial charge < -0.3 is 0 Å². The van der Waals surface area contributed by atoms with Crippen molar-refractivity contribution in [3.05, 3.63) is 53.2 Å². The molecule has 0 atom stereocenters. The van der Waals surface area contributed by atoms with Crippen LogP contribution in [0.1, 0.15) is 16.7 Å². The van der Waals surface area contributed by atoms with Crippen LogP contribution < -0.4 is 0 Å². The summed E-state index contributed by atoms with van der Waals surface area (Å²) in [5.41, 5.74) is 6.20. The van der Waals surface area contributed by atoms with Crippen LogP contribution in [0.5, 0.6) is 0 Å². The molecule has 0 spiro atoms. The molecule has 15 heavy (non-hydrogen) atoms. The third kappa shape index (κ3) is 1.78. The van der Waals surface area contributed by atoms with Crippen molar-refractivity contribution in [2.45, 2.75) is 20.8 Å². The molecule has 0 radical (unpaired) electrons. The molecule has 0 aliphatic heterocycles. The van der Waals surface area contributed by atoms with Crippen molar-refractivity contribution in [3.8, 4) is 11.3 Å². The average Bonchev–Trinajstić information content (AvgIpc) is 2.23. The quantitative estimate of drug-likeness (QED) is 0.679. The summed E-state index contributed by atoms with van der Waals surface area (Å²) in [5, 5.41) is 0. The van der Waals surface area contributed by atoms with Crippen molar-refractivity contribution in [2.75, 3.05) is 0 Å². The van der Waals surface area contributed by atoms with Crippen LogP contribution in [0.2, 0.25) is 0 Å². The van der Waals surface area contributed by atoms with Crippen molar-refractivity contribution in [1.29, 1.82) is 0 Å². The van der Waals surface area contributed by atoms with E-state index in [9.17, 15) is 0 Å². The topological polar surface area (TPSA) is 12.9 Å². The predicted molar refractivity (Wildman–Crippen MR) is 63.9 cm³/mol. The second-order valence-electron chi connectivity index (χ2n) is 3.92. The fourth-order valence-corrected chi connectivity index (χ4v) is 1.78. The fraction of sp³-hybridized carbons (Fsp3) is 0.214. The summed E-state index contributed by atoms with van der Waals surface area (Å²) in [6.07, 6.45) is 1.85. The van der Waals surface area contributed by atoms with Crippen LogP contribution in [0, 0.1) is 20.8 Å². The summed E-state index contributed by atoms with van der Waals surface area (Å²) in [6, 6.07) is 10.4. The van der Waals surface area contributed by atoms with Gasteiger partial charge in [-0.2, -0.15) is 0 Å². The van der Waals surface area contributed by atoms with Gasteiger partial charge in [-0.15, -0.1) is 0 Å². The Morgan fingerprint density at radius 3 is 2.33 bits per heavy atom. The Kier molecular flexibility index (Phi) is 2.55. The molecule has 0 fully saturated rings. The normalized spacial score (nSPS) is 10.3. The maximum atomic E-state index is 4.45. The Morgan fingerprint density at radius 2 is 1.60 bits per heavy atom. The minimum absolute atomic E-state index is 1.10. The SMILES string of the molecule is Cc1cccnc1-c1cccc(C)c1C. The maximum absolute atomic E-state index is 4.45. The van der Waals surface area contributed by atoms with Gasteiger partial charge in [-0.25, -0.2) is 0 Å². The highest BCUT2D eigenvalue weighted by Gasteiger charge is 2.06. The lowest BCUT2D eigenvalue weighted by Gasteiger charge is -2.09. The van der Waals surface area contributed by atoms with E-state index < -0.39 is 0 Å². The van der Waals surface area contributed by atoms with Gasteiger partial charge in [0.25, 0.3) is 0 Å². The molecule has 1 heterocycles. The first-order chi connectivity index (χ1) is 7.20. The average molecular weight is 197 g/mol. The number of benzene rings is 1. The summed E-state index contributed by atoms with van der Waals surface area (Å²) < 4.78 is 0. The van der Waals surface area contributed by atoms with Gasteiger partial charge in [0.1, 0.15) is 0 Å². The molecule has 0 N–H and O–H groups in total. The fourth-order valence-electron chi connectivity index (χ4n) is 1.78. The van der Waals surface area contributed by atoms with E-state index >= 15 is 0 Å². The zero-order valence-electron chi connectivity index (χ0n) is 9.41. The first-order valence-electron chi connectivity index (χ1n) is 5.18. The molecule has 0 amide bonds. The molecule has 0 saturated heterocycles. The van der Waals surface area contributed by atoms with Gasteiger partial charge in [-0.05, 0) is 43.5 Å². The second kappa shape index (κ2) is 3.85. The largest absolute Gasteiger partial charge is 0.256 e. The number of nitrogens with zero attached hydrogens (tertiary/aromatic N) is 1. The Morgan fingerprint density at radius 1 is 0.867 bits per heavy atom. The van der Waals surface area contributed by atoms with Crippen LogP contribution in [0.4, 0.5) is 0 Å². The molecule has 0 bridgehead atoms. The third-order valence-corrected chi connectivity index (χ3v) is 2.87. The van der Waals surface area contributed by atoms with E-state index in [1.54, 1.807) is 0 Å². The van der Waals surface area contributed by atoms with Crippen molar-refractivity contribution in [2.24, 2.45) is 0 Å². The number of aryl methyl sites for hydroxylation is 2. The molecular formula is C14H15N. The van der Waals surface area contributed by atoms with Crippen LogP contribution in [-0.4, -0.2) is 4.98 Å². The molecule has 0 aliphatic rings. The monoisotopic (exact) mass is 197 g/mol. The molecular weight excluding hydrogens is 182 g/mol. The van der Waals surface area contributed by atoms with Gasteiger partial charge in [0.2, 0.25) is 0 Å². The predicted octanol–water partition coefficient (Wildman–Crippen LogP) is 3.67. The van der Waals surface area contributed by atoms with Crippen molar-refractivity contribution in [3.63, 3.8) is 0 Å². The van der Waals surface area contributed by atoms with Gasteiger partial charge in [0.05, 0.1) is 5.69 Å². The van der Waals surface area contributed by atoms with Crippen LogP contribution in [0.3, 0.4) is 0 Å². The van der Waals surface area contributed by atoms with E-state index in [1.165, 1.54) is 22.3 Å². The number of aromatic nitrogens is 1. The number of hydrogen-bond donors (Lipinski definition) is 0. The molecule has 1 nitrogen and oxygen atoms in total. The molecule has 1 heteroatoms. The van der Waals surface area contributed by atoms with E-state index in [0.717, 1.165) is 5.69 Å². The van der Waals surface area contributed by atoms with Crippen LogP contribution in [-0.2, 0) is 0 Å². The van der Waals surface area contributed by atoms with Crippen LogP contribution in [0.15, 0.2) is 36.5 Å². The lowest BCUT2D eigenvalue weighted by molar-refractivity contribution is 1.24. The number of rotatable bonds is 1. The summed E-state index contributed by atoms with van der Waals surface area (Å²) in [4.78, 5) is 4.45. The standard InChI is InChI=1S/C14H15N/c1-10-6-4-8-13(12(10)3)14-11(2)7-5-9-15-14/h4-9H,1-3H3. The molecule has 1 aromatic carbocycles. The van der Waals surface area contributed by atoms with Crippen molar-refractivity contribution in [1.82, 2.24) is 4.98 Å². The molecule has 1 aromatic heterocycles. The number of hydrogen-bond acceptors (Lipinski definition) is 1. The lowest BCUT2D eigenvalue weighted by atomic mass is 9.98. The molecule has 2 aromatic rings. The minimum atomic E-state index is 1.10. The molecule has 2 rings (SSSR count). The molecule has 0 saturated carbocycles. The smallest absolute Gasteiger partial charge is 0.0733 e. The maximum Gasteiger partial charge on any atom is 0.0733 e. The van der Waals surface area contributed by atoms with Gasteiger partial charge in [-0.3, -0.25) is 4.98 Å². The Hall–Kier alpha value is -1.63. The summed E-state index contributed by atoms with van der Waals surface area (Å²) >= 11 is 0. The Bertz CT molecular complexity index is 486. The number of pyridine rings is 1. The highest BCUT2D eigenvalue weighted by Crippen LogP contribution is 2.25. The third-order valence-electron chi connectivity index (χ3n) is 2.87. The molecule has 0 aliphatic carbocycles. The van der Waals surface area contributed by atoms with E-state index in [1.807, 2.05) is 12.3 Å².